The van der Waals surface area contributed by atoms with Crippen molar-refractivity contribution in [3.05, 3.63) is 75.8 Å². The number of ketones is 1. The predicted molar refractivity (Wildman–Crippen MR) is 103 cm³/mol. The van der Waals surface area contributed by atoms with Crippen molar-refractivity contribution >= 4 is 21.7 Å². The molecule has 24 heavy (non-hydrogen) atoms. The number of hydrogen-bond acceptors (Lipinski definition) is 2. The van der Waals surface area contributed by atoms with E-state index in [1.807, 2.05) is 42.5 Å². The molecule has 0 aliphatic heterocycles. The molecule has 2 aromatic rings. The number of halogens is 1. The van der Waals surface area contributed by atoms with Crippen molar-refractivity contribution < 1.29 is 9.53 Å². The van der Waals surface area contributed by atoms with Crippen LogP contribution in [0, 0.1) is 0 Å². The Morgan fingerprint density at radius 3 is 2.50 bits per heavy atom. The van der Waals surface area contributed by atoms with Crippen LogP contribution in [-0.2, 0) is 0 Å². The average Bonchev–Trinajstić information content (AvgIpc) is 2.58. The van der Waals surface area contributed by atoms with Gasteiger partial charge < -0.3 is 4.74 Å². The average molecular weight is 387 g/mol. The van der Waals surface area contributed by atoms with Crippen molar-refractivity contribution in [2.45, 2.75) is 32.6 Å². The van der Waals surface area contributed by atoms with E-state index >= 15 is 0 Å². The summed E-state index contributed by atoms with van der Waals surface area (Å²) < 4.78 is 6.31. The van der Waals surface area contributed by atoms with Crippen molar-refractivity contribution in [2.24, 2.45) is 0 Å². The highest BCUT2D eigenvalue weighted by atomic mass is 79.9. The van der Waals surface area contributed by atoms with Gasteiger partial charge in [-0.15, -0.1) is 0 Å². The molecule has 1 unspecified atom stereocenters. The summed E-state index contributed by atoms with van der Waals surface area (Å²) in [5.41, 5.74) is 3.15. The lowest BCUT2D eigenvalue weighted by Gasteiger charge is -2.16. The molecule has 0 aromatic heterocycles. The van der Waals surface area contributed by atoms with Crippen LogP contribution in [0.25, 0.3) is 0 Å². The van der Waals surface area contributed by atoms with Crippen LogP contribution in [0.4, 0.5) is 0 Å². The highest BCUT2D eigenvalue weighted by molar-refractivity contribution is 9.10. The molecule has 2 aromatic carbocycles. The van der Waals surface area contributed by atoms with E-state index < -0.39 is 0 Å². The number of carbonyl (C=O) groups excluding carboxylic acids is 1. The van der Waals surface area contributed by atoms with Gasteiger partial charge in [0.15, 0.2) is 5.78 Å². The topological polar surface area (TPSA) is 26.3 Å². The number of hydrogen-bond donors (Lipinski definition) is 0. The first kappa shape index (κ1) is 18.5. The van der Waals surface area contributed by atoms with E-state index in [0.717, 1.165) is 27.8 Å². The summed E-state index contributed by atoms with van der Waals surface area (Å²) >= 11 is 3.41. The fraction of sp³-hybridized carbons (Fsp3) is 0.286. The number of benzene rings is 2. The van der Waals surface area contributed by atoms with Crippen LogP contribution in [0.15, 0.2) is 64.7 Å². The Hall–Kier alpha value is -1.87. The molecular weight excluding hydrogens is 364 g/mol. The Labute approximate surface area is 152 Å². The minimum absolute atomic E-state index is 0.145. The summed E-state index contributed by atoms with van der Waals surface area (Å²) in [5, 5.41) is 0. The Balaban J connectivity index is 2.23. The monoisotopic (exact) mass is 386 g/mol. The Morgan fingerprint density at radius 2 is 1.88 bits per heavy atom. The minimum Gasteiger partial charge on any atom is -0.497 e. The number of carbonyl (C=O) groups is 1. The van der Waals surface area contributed by atoms with E-state index in [4.69, 9.17) is 4.74 Å². The summed E-state index contributed by atoms with van der Waals surface area (Å²) in [4.78, 5) is 12.7. The molecule has 0 spiro atoms. The number of methoxy groups -OCH3 is 1. The summed E-state index contributed by atoms with van der Waals surface area (Å²) in [6.07, 6.45) is 3.52. The molecule has 0 heterocycles. The molecule has 0 saturated carbocycles. The lowest BCUT2D eigenvalue weighted by molar-refractivity contribution is 0.0973. The summed E-state index contributed by atoms with van der Waals surface area (Å²) in [5.74, 6) is 1.13. The quantitative estimate of drug-likeness (QED) is 0.419. The smallest absolute Gasteiger partial charge is 0.163 e. The normalized spacial score (nSPS) is 11.7. The van der Waals surface area contributed by atoms with E-state index in [9.17, 15) is 4.79 Å². The second-order valence-corrected chi connectivity index (χ2v) is 7.04. The van der Waals surface area contributed by atoms with Crippen LogP contribution in [0.3, 0.4) is 0 Å². The lowest BCUT2D eigenvalue weighted by atomic mass is 9.88. The van der Waals surface area contributed by atoms with Crippen molar-refractivity contribution in [3.8, 4) is 5.75 Å². The van der Waals surface area contributed by atoms with Gasteiger partial charge in [0.2, 0.25) is 0 Å². The van der Waals surface area contributed by atoms with Gasteiger partial charge in [0.05, 0.1) is 7.11 Å². The van der Waals surface area contributed by atoms with Gasteiger partial charge in [0.1, 0.15) is 5.75 Å². The van der Waals surface area contributed by atoms with Crippen LogP contribution in [0.5, 0.6) is 5.75 Å². The molecule has 2 nitrogen and oxygen atoms in total. The SMILES string of the molecule is COc1cccc(C(CC=C(C)C)CC(=O)c2ccc(Br)cc2)c1. The molecule has 0 amide bonds. The third kappa shape index (κ3) is 5.34. The Morgan fingerprint density at radius 1 is 1.17 bits per heavy atom. The second kappa shape index (κ2) is 8.84. The van der Waals surface area contributed by atoms with Crippen molar-refractivity contribution in [1.82, 2.24) is 0 Å². The molecule has 0 fully saturated rings. The third-order valence-corrected chi connectivity index (χ3v) is 4.50. The summed E-state index contributed by atoms with van der Waals surface area (Å²) in [6, 6.07) is 15.6. The van der Waals surface area contributed by atoms with Gasteiger partial charge in [-0.05, 0) is 56.0 Å². The van der Waals surface area contributed by atoms with Crippen LogP contribution in [0.1, 0.15) is 48.5 Å². The first-order valence-corrected chi connectivity index (χ1v) is 8.85. The van der Waals surface area contributed by atoms with Crippen LogP contribution < -0.4 is 4.74 Å². The maximum Gasteiger partial charge on any atom is 0.163 e. The molecule has 126 valence electrons. The van der Waals surface area contributed by atoms with Crippen molar-refractivity contribution in [3.63, 3.8) is 0 Å². The number of rotatable bonds is 7. The molecule has 0 bridgehead atoms. The van der Waals surface area contributed by atoms with E-state index in [1.54, 1.807) is 7.11 Å². The van der Waals surface area contributed by atoms with E-state index in [1.165, 1.54) is 5.57 Å². The second-order valence-electron chi connectivity index (χ2n) is 6.12. The molecule has 0 N–H and O–H groups in total. The van der Waals surface area contributed by atoms with E-state index in [-0.39, 0.29) is 11.7 Å². The fourth-order valence-electron chi connectivity index (χ4n) is 2.59. The zero-order chi connectivity index (χ0) is 17.5. The maximum atomic E-state index is 12.7. The van der Waals surface area contributed by atoms with Gasteiger partial charge in [-0.25, -0.2) is 0 Å². The third-order valence-electron chi connectivity index (χ3n) is 3.97. The molecule has 0 aliphatic rings. The number of allylic oxidation sites excluding steroid dienone is 2. The van der Waals surface area contributed by atoms with Gasteiger partial charge >= 0.3 is 0 Å². The van der Waals surface area contributed by atoms with Gasteiger partial charge in [0.25, 0.3) is 0 Å². The maximum absolute atomic E-state index is 12.7. The molecular formula is C21H23BrO2. The molecule has 0 aliphatic carbocycles. The zero-order valence-corrected chi connectivity index (χ0v) is 16.0. The summed E-state index contributed by atoms with van der Waals surface area (Å²) in [7, 11) is 1.66. The van der Waals surface area contributed by atoms with Crippen molar-refractivity contribution in [2.75, 3.05) is 7.11 Å². The molecule has 0 radical (unpaired) electrons. The van der Waals surface area contributed by atoms with E-state index in [0.29, 0.717) is 6.42 Å². The standard InChI is InChI=1S/C21H23BrO2/c1-15(2)7-8-18(17-5-4-6-20(13-17)24-3)14-21(23)16-9-11-19(22)12-10-16/h4-7,9-13,18H,8,14H2,1-3H3. The Bertz CT molecular complexity index is 713. The lowest BCUT2D eigenvalue weighted by Crippen LogP contribution is -2.08. The number of ether oxygens (including phenoxy) is 1. The van der Waals surface area contributed by atoms with Gasteiger partial charge in [0, 0.05) is 16.5 Å². The highest BCUT2D eigenvalue weighted by Gasteiger charge is 2.17. The van der Waals surface area contributed by atoms with Crippen LogP contribution in [0.2, 0.25) is 0 Å². The van der Waals surface area contributed by atoms with Crippen LogP contribution >= 0.6 is 15.9 Å². The number of Topliss-reactive ketones (excluding diaryl/α,β-unsaturated/α-hetero) is 1. The van der Waals surface area contributed by atoms with Gasteiger partial charge in [-0.1, -0.05) is 51.8 Å². The zero-order valence-electron chi connectivity index (χ0n) is 14.4. The van der Waals surface area contributed by atoms with Gasteiger partial charge in [-0.3, -0.25) is 4.79 Å². The minimum atomic E-state index is 0.145. The van der Waals surface area contributed by atoms with Crippen LogP contribution in [-0.4, -0.2) is 12.9 Å². The molecule has 0 saturated heterocycles. The highest BCUT2D eigenvalue weighted by Crippen LogP contribution is 2.29. The molecule has 3 heteroatoms. The first-order chi connectivity index (χ1) is 11.5. The largest absolute Gasteiger partial charge is 0.497 e. The predicted octanol–water partition coefficient (Wildman–Crippen LogP) is 6.17. The van der Waals surface area contributed by atoms with Crippen molar-refractivity contribution in [1.29, 1.82) is 0 Å². The molecule has 2 rings (SSSR count). The van der Waals surface area contributed by atoms with E-state index in [2.05, 4.69) is 41.9 Å². The summed E-state index contributed by atoms with van der Waals surface area (Å²) in [6.45, 7) is 4.17. The molecule has 1 atom stereocenters. The fourth-order valence-corrected chi connectivity index (χ4v) is 2.85. The Kier molecular flexibility index (Phi) is 6.80. The first-order valence-electron chi connectivity index (χ1n) is 8.05. The van der Waals surface area contributed by atoms with Gasteiger partial charge in [-0.2, -0.15) is 0 Å².